The van der Waals surface area contributed by atoms with Crippen molar-refractivity contribution in [3.05, 3.63) is 12.7 Å². The van der Waals surface area contributed by atoms with Crippen molar-refractivity contribution in [3.8, 4) is 0 Å². The monoisotopic (exact) mass is 182 g/mol. The Balaban J connectivity index is 3.06. The summed E-state index contributed by atoms with van der Waals surface area (Å²) in [5.74, 6) is 0.338. The SMILES string of the molecule is C=CCC(=O)CCCCCCCC. The molecule has 0 aliphatic carbocycles. The molecule has 0 spiro atoms. The molecule has 0 N–H and O–H groups in total. The highest BCUT2D eigenvalue weighted by molar-refractivity contribution is 5.79. The van der Waals surface area contributed by atoms with Gasteiger partial charge in [0, 0.05) is 12.8 Å². The fourth-order valence-electron chi connectivity index (χ4n) is 1.37. The van der Waals surface area contributed by atoms with Crippen LogP contribution in [-0.2, 0) is 4.79 Å². The predicted molar refractivity (Wildman–Crippen MR) is 57.8 cm³/mol. The lowest BCUT2D eigenvalue weighted by molar-refractivity contribution is -0.118. The van der Waals surface area contributed by atoms with Crippen LogP contribution >= 0.6 is 0 Å². The summed E-state index contributed by atoms with van der Waals surface area (Å²) in [6, 6.07) is 0. The lowest BCUT2D eigenvalue weighted by Crippen LogP contribution is -1.94. The number of Topliss-reactive ketones (excluding diaryl/α,β-unsaturated/α-hetero) is 1. The lowest BCUT2D eigenvalue weighted by Gasteiger charge is -1.99. The Labute approximate surface area is 82.2 Å². The van der Waals surface area contributed by atoms with Gasteiger partial charge in [-0.15, -0.1) is 6.58 Å². The minimum absolute atomic E-state index is 0.338. The van der Waals surface area contributed by atoms with E-state index in [1.807, 2.05) is 0 Å². The molecular weight excluding hydrogens is 160 g/mol. The molecule has 0 aromatic rings. The molecule has 1 nitrogen and oxygen atoms in total. The third-order valence-corrected chi connectivity index (χ3v) is 2.18. The van der Waals surface area contributed by atoms with E-state index in [1.165, 1.54) is 32.1 Å². The fourth-order valence-corrected chi connectivity index (χ4v) is 1.37. The average Bonchev–Trinajstić information content (AvgIpc) is 2.11. The molecule has 0 fully saturated rings. The molecule has 13 heavy (non-hydrogen) atoms. The summed E-state index contributed by atoms with van der Waals surface area (Å²) in [7, 11) is 0. The van der Waals surface area contributed by atoms with Crippen molar-refractivity contribution in [2.75, 3.05) is 0 Å². The number of hydrogen-bond donors (Lipinski definition) is 0. The van der Waals surface area contributed by atoms with Gasteiger partial charge in [-0.25, -0.2) is 0 Å². The van der Waals surface area contributed by atoms with E-state index in [1.54, 1.807) is 6.08 Å². The second-order valence-corrected chi connectivity index (χ2v) is 3.55. The largest absolute Gasteiger partial charge is 0.299 e. The Hall–Kier alpha value is -0.590. The van der Waals surface area contributed by atoms with Crippen molar-refractivity contribution in [3.63, 3.8) is 0 Å². The van der Waals surface area contributed by atoms with Gasteiger partial charge in [-0.1, -0.05) is 45.1 Å². The van der Waals surface area contributed by atoms with Crippen molar-refractivity contribution in [1.82, 2.24) is 0 Å². The van der Waals surface area contributed by atoms with E-state index in [2.05, 4.69) is 13.5 Å². The molecule has 0 saturated heterocycles. The zero-order valence-electron chi connectivity index (χ0n) is 8.85. The second kappa shape index (κ2) is 9.50. The van der Waals surface area contributed by atoms with Crippen molar-refractivity contribution in [1.29, 1.82) is 0 Å². The van der Waals surface area contributed by atoms with Crippen LogP contribution in [0.25, 0.3) is 0 Å². The lowest BCUT2D eigenvalue weighted by atomic mass is 10.1. The number of ketones is 1. The number of carbonyl (C=O) groups excluding carboxylic acids is 1. The fraction of sp³-hybridized carbons (Fsp3) is 0.750. The van der Waals surface area contributed by atoms with Gasteiger partial charge in [-0.05, 0) is 6.42 Å². The molecule has 0 unspecified atom stereocenters. The van der Waals surface area contributed by atoms with Crippen LogP contribution in [0.5, 0.6) is 0 Å². The number of unbranched alkanes of at least 4 members (excludes halogenated alkanes) is 5. The van der Waals surface area contributed by atoms with Gasteiger partial charge in [0.1, 0.15) is 5.78 Å². The third-order valence-electron chi connectivity index (χ3n) is 2.18. The van der Waals surface area contributed by atoms with Gasteiger partial charge in [0.2, 0.25) is 0 Å². The molecule has 0 radical (unpaired) electrons. The molecule has 0 atom stereocenters. The van der Waals surface area contributed by atoms with Crippen molar-refractivity contribution < 1.29 is 4.79 Å². The molecule has 1 heteroatoms. The number of carbonyl (C=O) groups is 1. The van der Waals surface area contributed by atoms with E-state index >= 15 is 0 Å². The summed E-state index contributed by atoms with van der Waals surface area (Å²) in [4.78, 5) is 11.1. The van der Waals surface area contributed by atoms with Crippen molar-refractivity contribution in [2.24, 2.45) is 0 Å². The quantitative estimate of drug-likeness (QED) is 0.390. The molecule has 0 amide bonds. The Kier molecular flexibility index (Phi) is 9.07. The Morgan fingerprint density at radius 3 is 2.38 bits per heavy atom. The van der Waals surface area contributed by atoms with Crippen LogP contribution in [0.2, 0.25) is 0 Å². The third kappa shape index (κ3) is 9.32. The van der Waals surface area contributed by atoms with Gasteiger partial charge >= 0.3 is 0 Å². The Bertz CT molecular complexity index is 138. The number of allylic oxidation sites excluding steroid dienone is 1. The molecule has 0 rings (SSSR count). The summed E-state index contributed by atoms with van der Waals surface area (Å²) in [6.07, 6.45) is 10.5. The highest BCUT2D eigenvalue weighted by Crippen LogP contribution is 2.07. The molecule has 0 saturated carbocycles. The predicted octanol–water partition coefficient (Wildman–Crippen LogP) is 3.88. The highest BCUT2D eigenvalue weighted by Gasteiger charge is 1.97. The van der Waals surface area contributed by atoms with E-state index in [-0.39, 0.29) is 0 Å². The zero-order chi connectivity index (χ0) is 9.94. The molecule has 0 aromatic carbocycles. The van der Waals surface area contributed by atoms with Crippen LogP contribution in [0.15, 0.2) is 12.7 Å². The van der Waals surface area contributed by atoms with Crippen molar-refractivity contribution in [2.45, 2.75) is 58.3 Å². The molecule has 0 aliphatic rings. The second-order valence-electron chi connectivity index (χ2n) is 3.55. The minimum Gasteiger partial charge on any atom is -0.299 e. The summed E-state index contributed by atoms with van der Waals surface area (Å²) in [5, 5.41) is 0. The van der Waals surface area contributed by atoms with E-state index in [9.17, 15) is 4.79 Å². The van der Waals surface area contributed by atoms with Crippen LogP contribution in [0, 0.1) is 0 Å². The topological polar surface area (TPSA) is 17.1 Å². The maximum absolute atomic E-state index is 11.1. The molecule has 76 valence electrons. The maximum atomic E-state index is 11.1. The van der Waals surface area contributed by atoms with E-state index < -0.39 is 0 Å². The smallest absolute Gasteiger partial charge is 0.136 e. The first-order chi connectivity index (χ1) is 6.31. The molecular formula is C12H22O. The normalized spacial score (nSPS) is 9.92. The highest BCUT2D eigenvalue weighted by atomic mass is 16.1. The first kappa shape index (κ1) is 12.4. The van der Waals surface area contributed by atoms with E-state index in [0.717, 1.165) is 12.8 Å². The van der Waals surface area contributed by atoms with Gasteiger partial charge in [0.05, 0.1) is 0 Å². The first-order valence-corrected chi connectivity index (χ1v) is 5.43. The Morgan fingerprint density at radius 2 is 1.77 bits per heavy atom. The minimum atomic E-state index is 0.338. The maximum Gasteiger partial charge on any atom is 0.136 e. The van der Waals surface area contributed by atoms with Crippen LogP contribution < -0.4 is 0 Å². The zero-order valence-corrected chi connectivity index (χ0v) is 8.85. The van der Waals surface area contributed by atoms with Crippen LogP contribution in [0.3, 0.4) is 0 Å². The van der Waals surface area contributed by atoms with Gasteiger partial charge < -0.3 is 0 Å². The Morgan fingerprint density at radius 1 is 1.15 bits per heavy atom. The van der Waals surface area contributed by atoms with E-state index in [0.29, 0.717) is 12.2 Å². The van der Waals surface area contributed by atoms with Gasteiger partial charge in [-0.2, -0.15) is 0 Å². The van der Waals surface area contributed by atoms with Crippen molar-refractivity contribution >= 4 is 5.78 Å². The van der Waals surface area contributed by atoms with Gasteiger partial charge in [-0.3, -0.25) is 4.79 Å². The van der Waals surface area contributed by atoms with Crippen LogP contribution in [0.1, 0.15) is 58.3 Å². The summed E-state index contributed by atoms with van der Waals surface area (Å²) in [6.45, 7) is 5.76. The van der Waals surface area contributed by atoms with E-state index in [4.69, 9.17) is 0 Å². The molecule has 0 heterocycles. The average molecular weight is 182 g/mol. The molecule has 0 aromatic heterocycles. The van der Waals surface area contributed by atoms with Gasteiger partial charge in [0.15, 0.2) is 0 Å². The number of hydrogen-bond acceptors (Lipinski definition) is 1. The van der Waals surface area contributed by atoms with Gasteiger partial charge in [0.25, 0.3) is 0 Å². The molecule has 0 aliphatic heterocycles. The summed E-state index contributed by atoms with van der Waals surface area (Å²) >= 11 is 0. The number of rotatable bonds is 9. The standard InChI is InChI=1S/C12H22O/c1-3-5-6-7-8-9-11-12(13)10-4-2/h4H,2-3,5-11H2,1H3. The summed E-state index contributed by atoms with van der Waals surface area (Å²) in [5.41, 5.74) is 0. The molecule has 0 bridgehead atoms. The van der Waals surface area contributed by atoms with Crippen LogP contribution in [-0.4, -0.2) is 5.78 Å². The van der Waals surface area contributed by atoms with Crippen LogP contribution in [0.4, 0.5) is 0 Å². The summed E-state index contributed by atoms with van der Waals surface area (Å²) < 4.78 is 0. The first-order valence-electron chi connectivity index (χ1n) is 5.43.